The van der Waals surface area contributed by atoms with Crippen molar-refractivity contribution in [3.63, 3.8) is 0 Å². The van der Waals surface area contributed by atoms with E-state index < -0.39 is 0 Å². The van der Waals surface area contributed by atoms with Crippen molar-refractivity contribution in [3.8, 4) is 10.6 Å². The van der Waals surface area contributed by atoms with E-state index in [1.807, 2.05) is 19.9 Å². The van der Waals surface area contributed by atoms with Gasteiger partial charge in [-0.2, -0.15) is 0 Å². The van der Waals surface area contributed by atoms with Gasteiger partial charge in [-0.05, 0) is 24.1 Å². The number of amides is 1. The lowest BCUT2D eigenvalue weighted by Gasteiger charge is -2.28. The summed E-state index contributed by atoms with van der Waals surface area (Å²) in [5.74, 6) is -0.117. The molecule has 0 aliphatic heterocycles. The van der Waals surface area contributed by atoms with Gasteiger partial charge in [0.15, 0.2) is 0 Å². The van der Waals surface area contributed by atoms with Gasteiger partial charge >= 0.3 is 0 Å². The molecule has 0 radical (unpaired) electrons. The normalized spacial score (nSPS) is 11.6. The van der Waals surface area contributed by atoms with Gasteiger partial charge in [0.2, 0.25) is 0 Å². The van der Waals surface area contributed by atoms with Gasteiger partial charge in [-0.1, -0.05) is 43.1 Å². The van der Waals surface area contributed by atoms with E-state index in [0.29, 0.717) is 28.8 Å². The van der Waals surface area contributed by atoms with Crippen LogP contribution in [0.15, 0.2) is 23.6 Å². The largest absolute Gasteiger partial charge is 0.340 e. The highest BCUT2D eigenvalue weighted by Crippen LogP contribution is 2.30. The molecule has 0 fully saturated rings. The molecule has 2 rings (SSSR count). The van der Waals surface area contributed by atoms with Gasteiger partial charge in [-0.3, -0.25) is 4.79 Å². The van der Waals surface area contributed by atoms with E-state index in [4.69, 9.17) is 28.9 Å². The molecular weight excluding hydrogens is 353 g/mol. The maximum Gasteiger partial charge on any atom is 0.273 e. The number of thiazole rings is 1. The maximum absolute atomic E-state index is 12.5. The van der Waals surface area contributed by atoms with E-state index in [-0.39, 0.29) is 11.3 Å². The molecule has 0 unspecified atom stereocenters. The highest BCUT2D eigenvalue weighted by Gasteiger charge is 2.23. The molecule has 0 atom stereocenters. The van der Waals surface area contributed by atoms with Crippen LogP contribution in [0.5, 0.6) is 0 Å². The fourth-order valence-corrected chi connectivity index (χ4v) is 3.20. The van der Waals surface area contributed by atoms with Crippen molar-refractivity contribution < 1.29 is 4.79 Å². The molecule has 2 N–H and O–H groups in total. The van der Waals surface area contributed by atoms with Gasteiger partial charge in [-0.25, -0.2) is 4.98 Å². The van der Waals surface area contributed by atoms with Crippen LogP contribution in [0.4, 0.5) is 0 Å². The molecule has 1 heterocycles. The third kappa shape index (κ3) is 4.44. The number of hydrogen-bond acceptors (Lipinski definition) is 4. The topological polar surface area (TPSA) is 59.2 Å². The Balaban J connectivity index is 2.18. The Hall–Kier alpha value is -1.14. The van der Waals surface area contributed by atoms with E-state index in [1.165, 1.54) is 11.3 Å². The van der Waals surface area contributed by atoms with Crippen molar-refractivity contribution in [2.75, 3.05) is 20.1 Å². The number of hydrogen-bond donors (Lipinski definition) is 1. The third-order valence-corrected chi connectivity index (χ3v) is 5.08. The third-order valence-electron chi connectivity index (χ3n) is 3.45. The number of halogens is 2. The van der Waals surface area contributed by atoms with E-state index >= 15 is 0 Å². The number of aromatic nitrogens is 1. The van der Waals surface area contributed by atoms with Gasteiger partial charge in [0.05, 0.1) is 10.0 Å². The van der Waals surface area contributed by atoms with Crippen LogP contribution in [0, 0.1) is 5.41 Å². The van der Waals surface area contributed by atoms with Crippen molar-refractivity contribution in [3.05, 3.63) is 39.3 Å². The van der Waals surface area contributed by atoms with Crippen LogP contribution < -0.4 is 5.73 Å². The number of carbonyl (C=O) groups excluding carboxylic acids is 1. The first kappa shape index (κ1) is 18.2. The fourth-order valence-electron chi connectivity index (χ4n) is 2.11. The number of benzene rings is 1. The summed E-state index contributed by atoms with van der Waals surface area (Å²) in [5.41, 5.74) is 6.86. The standard InChI is InChI=1S/C16H19Cl2N3OS/c1-16(2,8-19)9-21(3)15(22)13-7-23-14(20-13)10-4-5-11(17)12(18)6-10/h4-7H,8-9,19H2,1-3H3. The molecule has 0 aliphatic carbocycles. The second kappa shape index (κ2) is 7.18. The Bertz CT molecular complexity index is 715. The molecular formula is C16H19Cl2N3OS. The average molecular weight is 372 g/mol. The van der Waals surface area contributed by atoms with Crippen LogP contribution in [0.2, 0.25) is 10.0 Å². The fraction of sp³-hybridized carbons (Fsp3) is 0.375. The predicted octanol–water partition coefficient (Wildman–Crippen LogP) is 4.17. The highest BCUT2D eigenvalue weighted by molar-refractivity contribution is 7.13. The lowest BCUT2D eigenvalue weighted by atomic mass is 9.93. The molecule has 0 spiro atoms. The van der Waals surface area contributed by atoms with E-state index in [0.717, 1.165) is 10.6 Å². The molecule has 0 saturated carbocycles. The van der Waals surface area contributed by atoms with Crippen molar-refractivity contribution in [1.29, 1.82) is 0 Å². The van der Waals surface area contributed by atoms with Crippen LogP contribution in [0.1, 0.15) is 24.3 Å². The number of carbonyl (C=O) groups is 1. The monoisotopic (exact) mass is 371 g/mol. The molecule has 1 amide bonds. The SMILES string of the molecule is CN(CC(C)(C)CN)C(=O)c1csc(-c2ccc(Cl)c(Cl)c2)n1. The van der Waals surface area contributed by atoms with Crippen molar-refractivity contribution in [2.24, 2.45) is 11.1 Å². The molecule has 4 nitrogen and oxygen atoms in total. The first-order chi connectivity index (χ1) is 10.7. The molecule has 2 aromatic rings. The van der Waals surface area contributed by atoms with Crippen molar-refractivity contribution in [2.45, 2.75) is 13.8 Å². The Morgan fingerprint density at radius 3 is 2.65 bits per heavy atom. The lowest BCUT2D eigenvalue weighted by molar-refractivity contribution is 0.0735. The first-order valence-electron chi connectivity index (χ1n) is 7.10. The average Bonchev–Trinajstić information content (AvgIpc) is 2.98. The predicted molar refractivity (Wildman–Crippen MR) is 97.4 cm³/mol. The van der Waals surface area contributed by atoms with E-state index in [9.17, 15) is 4.79 Å². The Kier molecular flexibility index (Phi) is 5.68. The van der Waals surface area contributed by atoms with Crippen LogP contribution in [0.25, 0.3) is 10.6 Å². The maximum atomic E-state index is 12.5. The van der Waals surface area contributed by atoms with E-state index in [2.05, 4.69) is 4.98 Å². The smallest absolute Gasteiger partial charge is 0.273 e. The quantitative estimate of drug-likeness (QED) is 0.857. The Morgan fingerprint density at radius 2 is 2.04 bits per heavy atom. The summed E-state index contributed by atoms with van der Waals surface area (Å²) in [6, 6.07) is 5.30. The minimum absolute atomic E-state index is 0.117. The minimum Gasteiger partial charge on any atom is -0.340 e. The van der Waals surface area contributed by atoms with Crippen LogP contribution in [-0.4, -0.2) is 35.9 Å². The van der Waals surface area contributed by atoms with Gasteiger partial charge in [-0.15, -0.1) is 11.3 Å². The molecule has 0 aliphatic rings. The highest BCUT2D eigenvalue weighted by atomic mass is 35.5. The number of nitrogens with zero attached hydrogens (tertiary/aromatic N) is 2. The summed E-state index contributed by atoms with van der Waals surface area (Å²) < 4.78 is 0. The van der Waals surface area contributed by atoms with Gasteiger partial charge in [0.25, 0.3) is 5.91 Å². The molecule has 0 bridgehead atoms. The number of rotatable bonds is 5. The van der Waals surface area contributed by atoms with Crippen LogP contribution in [0.3, 0.4) is 0 Å². The first-order valence-corrected chi connectivity index (χ1v) is 8.73. The summed E-state index contributed by atoms with van der Waals surface area (Å²) in [5, 5.41) is 3.45. The molecule has 23 heavy (non-hydrogen) atoms. The van der Waals surface area contributed by atoms with Gasteiger partial charge in [0.1, 0.15) is 10.7 Å². The Morgan fingerprint density at radius 1 is 1.35 bits per heavy atom. The second-order valence-corrected chi connectivity index (χ2v) is 7.87. The zero-order chi connectivity index (χ0) is 17.2. The van der Waals surface area contributed by atoms with Crippen LogP contribution in [-0.2, 0) is 0 Å². The summed E-state index contributed by atoms with van der Waals surface area (Å²) >= 11 is 13.4. The zero-order valence-electron chi connectivity index (χ0n) is 13.3. The molecule has 1 aromatic heterocycles. The summed E-state index contributed by atoms with van der Waals surface area (Å²) in [7, 11) is 1.76. The lowest BCUT2D eigenvalue weighted by Crippen LogP contribution is -2.39. The van der Waals surface area contributed by atoms with Crippen LogP contribution >= 0.6 is 34.5 Å². The van der Waals surface area contributed by atoms with E-state index in [1.54, 1.807) is 29.5 Å². The Labute approximate surface area is 150 Å². The summed E-state index contributed by atoms with van der Waals surface area (Å²) in [6.45, 7) is 5.14. The molecule has 0 saturated heterocycles. The summed E-state index contributed by atoms with van der Waals surface area (Å²) in [4.78, 5) is 18.6. The van der Waals surface area contributed by atoms with Gasteiger partial charge in [0, 0.05) is 24.5 Å². The zero-order valence-corrected chi connectivity index (χ0v) is 15.6. The second-order valence-electron chi connectivity index (χ2n) is 6.20. The minimum atomic E-state index is -0.132. The molecule has 124 valence electrons. The van der Waals surface area contributed by atoms with Crippen molar-refractivity contribution in [1.82, 2.24) is 9.88 Å². The van der Waals surface area contributed by atoms with Crippen molar-refractivity contribution >= 4 is 40.4 Å². The molecule has 1 aromatic carbocycles. The summed E-state index contributed by atoms with van der Waals surface area (Å²) in [6.07, 6.45) is 0. The van der Waals surface area contributed by atoms with Gasteiger partial charge < -0.3 is 10.6 Å². The number of nitrogens with two attached hydrogens (primary N) is 1. The molecule has 7 heteroatoms.